The van der Waals surface area contributed by atoms with E-state index < -0.39 is 12.0 Å². The van der Waals surface area contributed by atoms with Gasteiger partial charge in [-0.3, -0.25) is 4.79 Å². The van der Waals surface area contributed by atoms with Gasteiger partial charge in [-0.1, -0.05) is 54.1 Å². The highest BCUT2D eigenvalue weighted by Gasteiger charge is 2.22. The SMILES string of the molecule is COC(=O)[C@@H](Cc1ccc(OCc2ccccc2)cc1)NC(=O)c1ccc(Cl)cc1. The van der Waals surface area contributed by atoms with Crippen LogP contribution in [-0.4, -0.2) is 25.0 Å². The highest BCUT2D eigenvalue weighted by molar-refractivity contribution is 6.30. The Kier molecular flexibility index (Phi) is 7.46. The van der Waals surface area contributed by atoms with E-state index in [9.17, 15) is 9.59 Å². The van der Waals surface area contributed by atoms with E-state index in [-0.39, 0.29) is 5.91 Å². The van der Waals surface area contributed by atoms with Crippen LogP contribution in [0.1, 0.15) is 21.5 Å². The zero-order valence-corrected chi connectivity index (χ0v) is 17.3. The van der Waals surface area contributed by atoms with Gasteiger partial charge in [-0.25, -0.2) is 4.79 Å². The topological polar surface area (TPSA) is 64.6 Å². The lowest BCUT2D eigenvalue weighted by molar-refractivity contribution is -0.142. The van der Waals surface area contributed by atoms with Crippen LogP contribution in [0.15, 0.2) is 78.9 Å². The van der Waals surface area contributed by atoms with E-state index in [1.165, 1.54) is 7.11 Å². The molecule has 0 heterocycles. The number of hydrogen-bond donors (Lipinski definition) is 1. The lowest BCUT2D eigenvalue weighted by atomic mass is 10.0. The average molecular weight is 424 g/mol. The Hall–Kier alpha value is -3.31. The first-order chi connectivity index (χ1) is 14.5. The van der Waals surface area contributed by atoms with Crippen LogP contribution in [0.3, 0.4) is 0 Å². The summed E-state index contributed by atoms with van der Waals surface area (Å²) in [5.41, 5.74) is 2.36. The number of ether oxygens (including phenoxy) is 2. The Balaban J connectivity index is 1.62. The molecule has 3 aromatic rings. The van der Waals surface area contributed by atoms with Crippen molar-refractivity contribution in [3.63, 3.8) is 0 Å². The summed E-state index contributed by atoms with van der Waals surface area (Å²) in [6.45, 7) is 0.474. The first-order valence-corrected chi connectivity index (χ1v) is 9.83. The zero-order valence-electron chi connectivity index (χ0n) is 16.5. The molecular weight excluding hydrogens is 402 g/mol. The molecule has 154 valence electrons. The minimum Gasteiger partial charge on any atom is -0.489 e. The van der Waals surface area contributed by atoms with Crippen molar-refractivity contribution in [1.29, 1.82) is 0 Å². The normalized spacial score (nSPS) is 11.4. The van der Waals surface area contributed by atoms with Gasteiger partial charge >= 0.3 is 5.97 Å². The third-order valence-electron chi connectivity index (χ3n) is 4.51. The van der Waals surface area contributed by atoms with E-state index >= 15 is 0 Å². The van der Waals surface area contributed by atoms with Crippen LogP contribution in [0.2, 0.25) is 5.02 Å². The van der Waals surface area contributed by atoms with Gasteiger partial charge < -0.3 is 14.8 Å². The monoisotopic (exact) mass is 423 g/mol. The van der Waals surface area contributed by atoms with E-state index in [2.05, 4.69) is 5.32 Å². The zero-order chi connectivity index (χ0) is 21.3. The fourth-order valence-corrected chi connectivity index (χ4v) is 3.00. The largest absolute Gasteiger partial charge is 0.489 e. The van der Waals surface area contributed by atoms with Crippen LogP contribution in [0.4, 0.5) is 0 Å². The molecule has 5 nitrogen and oxygen atoms in total. The first-order valence-electron chi connectivity index (χ1n) is 9.45. The van der Waals surface area contributed by atoms with Crippen LogP contribution in [0.25, 0.3) is 0 Å². The van der Waals surface area contributed by atoms with Crippen LogP contribution in [0.5, 0.6) is 5.75 Å². The number of carbonyl (C=O) groups excluding carboxylic acids is 2. The molecule has 0 aliphatic rings. The van der Waals surface area contributed by atoms with Gasteiger partial charge in [-0.15, -0.1) is 0 Å². The number of amides is 1. The van der Waals surface area contributed by atoms with Gasteiger partial charge in [0.25, 0.3) is 5.91 Å². The second-order valence-electron chi connectivity index (χ2n) is 6.68. The molecule has 0 bridgehead atoms. The van der Waals surface area contributed by atoms with Crippen molar-refractivity contribution in [2.24, 2.45) is 0 Å². The molecular formula is C24H22ClNO4. The van der Waals surface area contributed by atoms with Gasteiger partial charge in [0.15, 0.2) is 0 Å². The molecule has 1 N–H and O–H groups in total. The van der Waals surface area contributed by atoms with Crippen molar-refractivity contribution in [2.45, 2.75) is 19.1 Å². The smallest absolute Gasteiger partial charge is 0.328 e. The van der Waals surface area contributed by atoms with Crippen molar-refractivity contribution in [1.82, 2.24) is 5.32 Å². The number of methoxy groups -OCH3 is 1. The molecule has 3 aromatic carbocycles. The minimum absolute atomic E-state index is 0.297. The molecule has 0 spiro atoms. The molecule has 1 atom stereocenters. The molecule has 0 saturated heterocycles. The molecule has 0 fully saturated rings. The fraction of sp³-hybridized carbons (Fsp3) is 0.167. The summed E-state index contributed by atoms with van der Waals surface area (Å²) in [6, 6.07) is 22.9. The van der Waals surface area contributed by atoms with Gasteiger partial charge in [-0.05, 0) is 47.5 Å². The number of nitrogens with one attached hydrogen (secondary N) is 1. The van der Waals surface area contributed by atoms with Crippen molar-refractivity contribution >= 4 is 23.5 Å². The summed E-state index contributed by atoms with van der Waals surface area (Å²) in [4.78, 5) is 24.6. The maximum absolute atomic E-state index is 12.5. The Bertz CT molecular complexity index is 972. The van der Waals surface area contributed by atoms with Crippen molar-refractivity contribution in [2.75, 3.05) is 7.11 Å². The standard InChI is InChI=1S/C24H22ClNO4/c1-29-24(28)22(26-23(27)19-9-11-20(25)12-10-19)15-17-7-13-21(14-8-17)30-16-18-5-3-2-4-6-18/h2-14,22H,15-16H2,1H3,(H,26,27)/t22-/m1/s1. The maximum atomic E-state index is 12.5. The lowest BCUT2D eigenvalue weighted by Gasteiger charge is -2.17. The number of carbonyl (C=O) groups is 2. The second kappa shape index (κ2) is 10.5. The quantitative estimate of drug-likeness (QED) is 0.544. The third-order valence-corrected chi connectivity index (χ3v) is 4.76. The van der Waals surface area contributed by atoms with Gasteiger partial charge in [0, 0.05) is 17.0 Å². The molecule has 3 rings (SSSR count). The molecule has 6 heteroatoms. The highest BCUT2D eigenvalue weighted by atomic mass is 35.5. The van der Waals surface area contributed by atoms with Gasteiger partial charge in [0.2, 0.25) is 0 Å². The van der Waals surface area contributed by atoms with Crippen LogP contribution < -0.4 is 10.1 Å². The molecule has 0 unspecified atom stereocenters. The molecule has 1 amide bonds. The second-order valence-corrected chi connectivity index (χ2v) is 7.11. The minimum atomic E-state index is -0.811. The molecule has 0 radical (unpaired) electrons. The van der Waals surface area contributed by atoms with E-state index in [1.807, 2.05) is 54.6 Å². The fourth-order valence-electron chi connectivity index (χ4n) is 2.88. The van der Waals surface area contributed by atoms with Crippen LogP contribution in [0, 0.1) is 0 Å². The van der Waals surface area contributed by atoms with E-state index in [0.29, 0.717) is 23.6 Å². The predicted octanol–water partition coefficient (Wildman–Crippen LogP) is 4.43. The van der Waals surface area contributed by atoms with Gasteiger partial charge in [-0.2, -0.15) is 0 Å². The molecule has 0 aromatic heterocycles. The Morgan fingerprint density at radius 3 is 2.20 bits per heavy atom. The molecule has 30 heavy (non-hydrogen) atoms. The summed E-state index contributed by atoms with van der Waals surface area (Å²) >= 11 is 5.86. The summed E-state index contributed by atoms with van der Waals surface area (Å²) in [6.07, 6.45) is 0.297. The Labute approximate surface area is 180 Å². The average Bonchev–Trinajstić information content (AvgIpc) is 2.78. The van der Waals surface area contributed by atoms with Crippen molar-refractivity contribution < 1.29 is 19.1 Å². The Morgan fingerprint density at radius 1 is 0.900 bits per heavy atom. The number of halogens is 1. The summed E-state index contributed by atoms with van der Waals surface area (Å²) in [5, 5.41) is 3.26. The number of esters is 1. The third kappa shape index (κ3) is 6.09. The summed E-state index contributed by atoms with van der Waals surface area (Å²) in [7, 11) is 1.30. The molecule has 0 aliphatic heterocycles. The molecule has 0 aliphatic carbocycles. The lowest BCUT2D eigenvalue weighted by Crippen LogP contribution is -2.43. The van der Waals surface area contributed by atoms with Crippen molar-refractivity contribution in [3.8, 4) is 5.75 Å². The number of rotatable bonds is 8. The number of hydrogen-bond acceptors (Lipinski definition) is 4. The molecule has 0 saturated carbocycles. The van der Waals surface area contributed by atoms with Crippen LogP contribution >= 0.6 is 11.6 Å². The van der Waals surface area contributed by atoms with Crippen LogP contribution in [-0.2, 0) is 22.6 Å². The van der Waals surface area contributed by atoms with Crippen molar-refractivity contribution in [3.05, 3.63) is 101 Å². The van der Waals surface area contributed by atoms with E-state index in [0.717, 1.165) is 16.9 Å². The first kappa shape index (κ1) is 21.4. The van der Waals surface area contributed by atoms with E-state index in [4.69, 9.17) is 21.1 Å². The highest BCUT2D eigenvalue weighted by Crippen LogP contribution is 2.16. The Morgan fingerprint density at radius 2 is 1.57 bits per heavy atom. The van der Waals surface area contributed by atoms with Gasteiger partial charge in [0.1, 0.15) is 18.4 Å². The van der Waals surface area contributed by atoms with E-state index in [1.54, 1.807) is 24.3 Å². The maximum Gasteiger partial charge on any atom is 0.328 e. The van der Waals surface area contributed by atoms with Gasteiger partial charge in [0.05, 0.1) is 7.11 Å². The number of benzene rings is 3. The predicted molar refractivity (Wildman–Crippen MR) is 116 cm³/mol. The summed E-state index contributed by atoms with van der Waals surface area (Å²) in [5.74, 6) is -0.158. The summed E-state index contributed by atoms with van der Waals surface area (Å²) < 4.78 is 10.6.